The molecule has 0 aromatic heterocycles. The van der Waals surface area contributed by atoms with Crippen molar-refractivity contribution >= 4 is 12.1 Å². The lowest BCUT2D eigenvalue weighted by atomic mass is 9.71. The standard InChI is InChI=1S/C15H20O3/c1-10(7-8-16)5-6-12-11(2)14(18)13(17)9-15(12,3)4/h5-8,13,17H,9H2,1-4H3/b6-5+,10-7+. The van der Waals surface area contributed by atoms with Crippen molar-refractivity contribution < 1.29 is 14.7 Å². The van der Waals surface area contributed by atoms with Crippen molar-refractivity contribution in [1.29, 1.82) is 0 Å². The van der Waals surface area contributed by atoms with E-state index in [2.05, 4.69) is 0 Å². The molecule has 3 nitrogen and oxygen atoms in total. The van der Waals surface area contributed by atoms with Gasteiger partial charge in [-0.15, -0.1) is 0 Å². The lowest BCUT2D eigenvalue weighted by Crippen LogP contribution is -2.35. The summed E-state index contributed by atoms with van der Waals surface area (Å²) in [4.78, 5) is 22.1. The predicted octanol–water partition coefficient (Wildman–Crippen LogP) is 2.36. The summed E-state index contributed by atoms with van der Waals surface area (Å²) in [5.74, 6) is -0.203. The first-order valence-corrected chi connectivity index (χ1v) is 6.03. The highest BCUT2D eigenvalue weighted by Gasteiger charge is 2.36. The van der Waals surface area contributed by atoms with Crippen LogP contribution in [0.1, 0.15) is 34.1 Å². The minimum Gasteiger partial charge on any atom is -0.385 e. The molecule has 3 heteroatoms. The summed E-state index contributed by atoms with van der Waals surface area (Å²) in [6, 6.07) is 0. The number of aliphatic hydroxyl groups is 1. The van der Waals surface area contributed by atoms with Crippen LogP contribution in [0.15, 0.2) is 34.9 Å². The van der Waals surface area contributed by atoms with E-state index >= 15 is 0 Å². The molecule has 1 aliphatic carbocycles. The van der Waals surface area contributed by atoms with Crippen molar-refractivity contribution in [2.45, 2.75) is 40.2 Å². The number of allylic oxidation sites excluding steroid dienone is 5. The molecule has 1 atom stereocenters. The molecule has 0 aromatic rings. The van der Waals surface area contributed by atoms with E-state index in [1.165, 1.54) is 6.08 Å². The van der Waals surface area contributed by atoms with Crippen LogP contribution in [-0.2, 0) is 9.59 Å². The van der Waals surface area contributed by atoms with E-state index < -0.39 is 6.10 Å². The lowest BCUT2D eigenvalue weighted by molar-refractivity contribution is -0.125. The quantitative estimate of drug-likeness (QED) is 0.474. The Balaban J connectivity index is 3.15. The van der Waals surface area contributed by atoms with Gasteiger partial charge in [-0.05, 0) is 48.5 Å². The zero-order chi connectivity index (χ0) is 13.9. The first kappa shape index (κ1) is 14.6. The van der Waals surface area contributed by atoms with Crippen LogP contribution in [0, 0.1) is 5.41 Å². The van der Waals surface area contributed by atoms with Crippen molar-refractivity contribution in [3.8, 4) is 0 Å². The average molecular weight is 248 g/mol. The van der Waals surface area contributed by atoms with Crippen LogP contribution >= 0.6 is 0 Å². The Bertz CT molecular complexity index is 450. The largest absolute Gasteiger partial charge is 0.385 e. The predicted molar refractivity (Wildman–Crippen MR) is 71.1 cm³/mol. The monoisotopic (exact) mass is 248 g/mol. The highest BCUT2D eigenvalue weighted by Crippen LogP contribution is 2.39. The zero-order valence-electron chi connectivity index (χ0n) is 11.4. The molecular formula is C15H20O3. The Labute approximate surface area is 108 Å². The van der Waals surface area contributed by atoms with Crippen molar-refractivity contribution in [3.05, 3.63) is 34.9 Å². The Morgan fingerprint density at radius 3 is 2.61 bits per heavy atom. The molecule has 1 unspecified atom stereocenters. The molecule has 0 spiro atoms. The molecule has 1 N–H and O–H groups in total. The fourth-order valence-electron chi connectivity index (χ4n) is 2.30. The van der Waals surface area contributed by atoms with Crippen LogP contribution in [-0.4, -0.2) is 23.3 Å². The lowest BCUT2D eigenvalue weighted by Gasteiger charge is -2.34. The summed E-state index contributed by atoms with van der Waals surface area (Å²) in [7, 11) is 0. The third-order valence-corrected chi connectivity index (χ3v) is 3.35. The maximum atomic E-state index is 11.8. The second-order valence-corrected chi connectivity index (χ2v) is 5.39. The normalized spacial score (nSPS) is 24.8. The minimum atomic E-state index is -0.899. The summed E-state index contributed by atoms with van der Waals surface area (Å²) in [5.41, 5.74) is 2.13. The number of carbonyl (C=O) groups excluding carboxylic acids is 2. The summed E-state index contributed by atoms with van der Waals surface area (Å²) in [5, 5.41) is 9.70. The topological polar surface area (TPSA) is 54.4 Å². The van der Waals surface area contributed by atoms with Gasteiger partial charge in [0.1, 0.15) is 12.4 Å². The number of hydrogen-bond acceptors (Lipinski definition) is 3. The molecule has 0 heterocycles. The molecule has 0 aliphatic heterocycles. The van der Waals surface area contributed by atoms with Crippen molar-refractivity contribution in [3.63, 3.8) is 0 Å². The minimum absolute atomic E-state index is 0.203. The number of rotatable bonds is 3. The molecule has 0 saturated heterocycles. The van der Waals surface area contributed by atoms with E-state index in [1.807, 2.05) is 32.9 Å². The first-order valence-electron chi connectivity index (χ1n) is 6.03. The van der Waals surface area contributed by atoms with Crippen LogP contribution in [0.25, 0.3) is 0 Å². The summed E-state index contributed by atoms with van der Waals surface area (Å²) < 4.78 is 0. The van der Waals surface area contributed by atoms with Gasteiger partial charge in [0, 0.05) is 0 Å². The van der Waals surface area contributed by atoms with E-state index in [4.69, 9.17) is 0 Å². The second-order valence-electron chi connectivity index (χ2n) is 5.39. The first-order chi connectivity index (χ1) is 8.29. The molecule has 0 radical (unpaired) electrons. The van der Waals surface area contributed by atoms with Crippen LogP contribution in [0.2, 0.25) is 0 Å². The number of aldehydes is 1. The van der Waals surface area contributed by atoms with Gasteiger partial charge in [0.15, 0.2) is 5.78 Å². The molecule has 0 amide bonds. The summed E-state index contributed by atoms with van der Waals surface area (Å²) in [6.07, 6.45) is 5.43. The molecule has 0 aromatic carbocycles. The van der Waals surface area contributed by atoms with Gasteiger partial charge in [-0.3, -0.25) is 9.59 Å². The SMILES string of the molecule is CC1=C(/C=C/C(C)=C/C=O)C(C)(C)CC(O)C1=O. The number of ketones is 1. The van der Waals surface area contributed by atoms with E-state index in [-0.39, 0.29) is 11.2 Å². The number of Topliss-reactive ketones (excluding diaryl/α,β-unsaturated/α-hetero) is 1. The fourth-order valence-corrected chi connectivity index (χ4v) is 2.30. The van der Waals surface area contributed by atoms with Crippen molar-refractivity contribution in [2.75, 3.05) is 0 Å². The van der Waals surface area contributed by atoms with Crippen molar-refractivity contribution in [1.82, 2.24) is 0 Å². The number of carbonyl (C=O) groups is 2. The Kier molecular flexibility index (Phi) is 4.41. The van der Waals surface area contributed by atoms with Crippen LogP contribution < -0.4 is 0 Å². The van der Waals surface area contributed by atoms with Gasteiger partial charge in [0.05, 0.1) is 0 Å². The summed E-state index contributed by atoms with van der Waals surface area (Å²) in [6.45, 7) is 7.58. The van der Waals surface area contributed by atoms with E-state index in [1.54, 1.807) is 6.92 Å². The Hall–Kier alpha value is -1.48. The van der Waals surface area contributed by atoms with Gasteiger partial charge in [0.2, 0.25) is 0 Å². The number of aliphatic hydroxyl groups excluding tert-OH is 1. The smallest absolute Gasteiger partial charge is 0.187 e. The van der Waals surface area contributed by atoms with E-state index in [9.17, 15) is 14.7 Å². The van der Waals surface area contributed by atoms with Crippen molar-refractivity contribution in [2.24, 2.45) is 5.41 Å². The maximum absolute atomic E-state index is 11.8. The fraction of sp³-hybridized carbons (Fsp3) is 0.467. The molecule has 0 saturated carbocycles. The third kappa shape index (κ3) is 3.05. The van der Waals surface area contributed by atoms with E-state index in [0.29, 0.717) is 12.0 Å². The van der Waals surface area contributed by atoms with Gasteiger partial charge in [-0.25, -0.2) is 0 Å². The third-order valence-electron chi connectivity index (χ3n) is 3.35. The molecule has 0 fully saturated rings. The summed E-state index contributed by atoms with van der Waals surface area (Å²) >= 11 is 0. The van der Waals surface area contributed by atoms with E-state index in [0.717, 1.165) is 17.4 Å². The molecule has 1 rings (SSSR count). The molecule has 1 aliphatic rings. The highest BCUT2D eigenvalue weighted by molar-refractivity contribution is 6.00. The highest BCUT2D eigenvalue weighted by atomic mass is 16.3. The molecule has 98 valence electrons. The Morgan fingerprint density at radius 1 is 1.44 bits per heavy atom. The van der Waals surface area contributed by atoms with Gasteiger partial charge in [-0.1, -0.05) is 26.0 Å². The average Bonchev–Trinajstić information content (AvgIpc) is 2.25. The molecule has 18 heavy (non-hydrogen) atoms. The van der Waals surface area contributed by atoms with Gasteiger partial charge in [0.25, 0.3) is 0 Å². The molecule has 0 bridgehead atoms. The maximum Gasteiger partial charge on any atom is 0.187 e. The van der Waals surface area contributed by atoms with Gasteiger partial charge < -0.3 is 5.11 Å². The van der Waals surface area contributed by atoms with Crippen LogP contribution in [0.3, 0.4) is 0 Å². The second kappa shape index (κ2) is 5.44. The van der Waals surface area contributed by atoms with Gasteiger partial charge >= 0.3 is 0 Å². The zero-order valence-corrected chi connectivity index (χ0v) is 11.4. The van der Waals surface area contributed by atoms with Crippen LogP contribution in [0.5, 0.6) is 0 Å². The number of hydrogen-bond donors (Lipinski definition) is 1. The van der Waals surface area contributed by atoms with Crippen LogP contribution in [0.4, 0.5) is 0 Å². The van der Waals surface area contributed by atoms with Gasteiger partial charge in [-0.2, -0.15) is 0 Å². The Morgan fingerprint density at radius 2 is 2.06 bits per heavy atom. The molecular weight excluding hydrogens is 228 g/mol.